The van der Waals surface area contributed by atoms with Crippen LogP contribution in [0.25, 0.3) is 16.6 Å². The molecule has 0 saturated heterocycles. The van der Waals surface area contributed by atoms with Crippen LogP contribution in [-0.2, 0) is 4.79 Å². The van der Waals surface area contributed by atoms with Crippen LogP contribution in [0, 0.1) is 13.8 Å². The van der Waals surface area contributed by atoms with Crippen LogP contribution in [0.5, 0.6) is 5.75 Å². The van der Waals surface area contributed by atoms with Gasteiger partial charge in [-0.3, -0.25) is 9.20 Å². The molecule has 2 aromatic heterocycles. The number of aromatic nitrogens is 3. The van der Waals surface area contributed by atoms with Crippen molar-refractivity contribution in [1.29, 1.82) is 0 Å². The number of anilines is 1. The minimum Gasteiger partial charge on any atom is -0.497 e. The predicted molar refractivity (Wildman–Crippen MR) is 117 cm³/mol. The van der Waals surface area contributed by atoms with Gasteiger partial charge in [0.2, 0.25) is 5.91 Å². The third kappa shape index (κ3) is 3.78. The number of pyridine rings is 1. The molecule has 0 aliphatic rings. The van der Waals surface area contributed by atoms with Crippen LogP contribution in [0.2, 0.25) is 0 Å². The molecule has 4 rings (SSSR count). The van der Waals surface area contributed by atoms with Crippen molar-refractivity contribution >= 4 is 39.9 Å². The van der Waals surface area contributed by atoms with Crippen LogP contribution in [0.1, 0.15) is 18.1 Å². The summed E-state index contributed by atoms with van der Waals surface area (Å²) in [5.74, 6) is 0.686. The second-order valence-electron chi connectivity index (χ2n) is 7.01. The van der Waals surface area contributed by atoms with Gasteiger partial charge < -0.3 is 10.1 Å². The van der Waals surface area contributed by atoms with Gasteiger partial charge in [0.05, 0.1) is 17.9 Å². The predicted octanol–water partition coefficient (Wildman–Crippen LogP) is 4.63. The van der Waals surface area contributed by atoms with Crippen molar-refractivity contribution in [3.05, 3.63) is 59.7 Å². The molecule has 0 radical (unpaired) electrons. The lowest BCUT2D eigenvalue weighted by Gasteiger charge is -2.13. The minimum absolute atomic E-state index is 0.0775. The normalized spacial score (nSPS) is 12.3. The van der Waals surface area contributed by atoms with Crippen LogP contribution in [0.15, 0.2) is 53.7 Å². The van der Waals surface area contributed by atoms with Gasteiger partial charge in [0.15, 0.2) is 10.8 Å². The maximum Gasteiger partial charge on any atom is 0.237 e. The molecule has 0 fully saturated rings. The molecule has 0 aliphatic carbocycles. The second-order valence-corrected chi connectivity index (χ2v) is 8.31. The average molecular weight is 407 g/mol. The van der Waals surface area contributed by atoms with Crippen LogP contribution in [0.3, 0.4) is 0 Å². The molecule has 2 aromatic carbocycles. The van der Waals surface area contributed by atoms with Gasteiger partial charge in [-0.25, -0.2) is 0 Å². The van der Waals surface area contributed by atoms with E-state index in [1.165, 1.54) is 11.8 Å². The fourth-order valence-electron chi connectivity index (χ4n) is 3.28. The standard InChI is InChI=1S/C22H22N4O2S/c1-13-6-5-7-16(10-13)23-21(27)15(3)29-22-25-24-20-11-14(2)18-9-8-17(28-4)12-19(18)26(20)22/h5-12,15H,1-4H3,(H,23,27). The van der Waals surface area contributed by atoms with E-state index in [1.807, 2.05) is 73.7 Å². The summed E-state index contributed by atoms with van der Waals surface area (Å²) in [6.07, 6.45) is 0. The molecular formula is C22H22N4O2S. The topological polar surface area (TPSA) is 68.5 Å². The number of ether oxygens (including phenoxy) is 1. The van der Waals surface area contributed by atoms with E-state index in [2.05, 4.69) is 15.5 Å². The van der Waals surface area contributed by atoms with E-state index in [-0.39, 0.29) is 11.2 Å². The smallest absolute Gasteiger partial charge is 0.237 e. The molecule has 0 saturated carbocycles. The fraction of sp³-hybridized carbons (Fsp3) is 0.227. The quantitative estimate of drug-likeness (QED) is 0.490. The number of methoxy groups -OCH3 is 1. The van der Waals surface area contributed by atoms with Gasteiger partial charge in [0, 0.05) is 17.1 Å². The number of aryl methyl sites for hydroxylation is 2. The Morgan fingerprint density at radius 3 is 2.72 bits per heavy atom. The number of benzene rings is 2. The fourth-order valence-corrected chi connectivity index (χ4v) is 4.15. The molecule has 1 atom stereocenters. The maximum absolute atomic E-state index is 12.7. The van der Waals surface area contributed by atoms with Crippen molar-refractivity contribution in [3.8, 4) is 5.75 Å². The van der Waals surface area contributed by atoms with E-state index in [1.54, 1.807) is 7.11 Å². The summed E-state index contributed by atoms with van der Waals surface area (Å²) in [6, 6.07) is 15.7. The van der Waals surface area contributed by atoms with Crippen molar-refractivity contribution in [2.75, 3.05) is 12.4 Å². The van der Waals surface area contributed by atoms with Gasteiger partial charge in [0.25, 0.3) is 0 Å². The highest BCUT2D eigenvalue weighted by molar-refractivity contribution is 8.00. The Hall–Kier alpha value is -3.06. The zero-order valence-corrected chi connectivity index (χ0v) is 17.6. The average Bonchev–Trinajstić information content (AvgIpc) is 3.10. The van der Waals surface area contributed by atoms with Crippen molar-refractivity contribution < 1.29 is 9.53 Å². The Morgan fingerprint density at radius 1 is 1.14 bits per heavy atom. The van der Waals surface area contributed by atoms with E-state index in [0.29, 0.717) is 5.16 Å². The van der Waals surface area contributed by atoms with E-state index in [4.69, 9.17) is 4.74 Å². The Kier molecular flexibility index (Phi) is 5.15. The summed E-state index contributed by atoms with van der Waals surface area (Å²) in [5.41, 5.74) is 4.71. The summed E-state index contributed by atoms with van der Waals surface area (Å²) in [4.78, 5) is 12.7. The molecule has 6 nitrogen and oxygen atoms in total. The molecule has 0 bridgehead atoms. The number of thioether (sulfide) groups is 1. The minimum atomic E-state index is -0.343. The van der Waals surface area contributed by atoms with Gasteiger partial charge in [-0.15, -0.1) is 10.2 Å². The number of carbonyl (C=O) groups is 1. The number of hydrogen-bond acceptors (Lipinski definition) is 5. The molecule has 148 valence electrons. The summed E-state index contributed by atoms with van der Waals surface area (Å²) in [7, 11) is 1.65. The SMILES string of the molecule is COc1ccc2c(C)cc3nnc(SC(C)C(=O)Nc4cccc(C)c4)n3c2c1. The van der Waals surface area contributed by atoms with E-state index < -0.39 is 0 Å². The first-order chi connectivity index (χ1) is 14.0. The van der Waals surface area contributed by atoms with Crippen molar-refractivity contribution in [3.63, 3.8) is 0 Å². The number of carbonyl (C=O) groups excluding carboxylic acids is 1. The van der Waals surface area contributed by atoms with E-state index in [9.17, 15) is 4.79 Å². The Labute approximate surface area is 173 Å². The molecule has 4 aromatic rings. The van der Waals surface area contributed by atoms with Gasteiger partial charge in [-0.05, 0) is 62.2 Å². The Morgan fingerprint density at radius 2 is 1.97 bits per heavy atom. The first-order valence-corrected chi connectivity index (χ1v) is 10.2. The maximum atomic E-state index is 12.7. The van der Waals surface area contributed by atoms with E-state index in [0.717, 1.165) is 39.1 Å². The summed E-state index contributed by atoms with van der Waals surface area (Å²) >= 11 is 1.38. The lowest BCUT2D eigenvalue weighted by atomic mass is 10.1. The van der Waals surface area contributed by atoms with Crippen molar-refractivity contribution in [2.45, 2.75) is 31.2 Å². The highest BCUT2D eigenvalue weighted by Crippen LogP contribution is 2.30. The highest BCUT2D eigenvalue weighted by Gasteiger charge is 2.20. The molecule has 1 amide bonds. The molecule has 2 heterocycles. The molecule has 1 N–H and O–H groups in total. The third-order valence-electron chi connectivity index (χ3n) is 4.81. The molecule has 29 heavy (non-hydrogen) atoms. The Bertz CT molecular complexity index is 1220. The van der Waals surface area contributed by atoms with Crippen molar-refractivity contribution in [2.24, 2.45) is 0 Å². The van der Waals surface area contributed by atoms with Crippen LogP contribution in [0.4, 0.5) is 5.69 Å². The molecule has 1 unspecified atom stereocenters. The summed E-state index contributed by atoms with van der Waals surface area (Å²) in [6.45, 7) is 5.92. The Balaban J connectivity index is 1.67. The lowest BCUT2D eigenvalue weighted by molar-refractivity contribution is -0.115. The third-order valence-corrected chi connectivity index (χ3v) is 5.85. The molecule has 0 aliphatic heterocycles. The van der Waals surface area contributed by atoms with E-state index >= 15 is 0 Å². The zero-order chi connectivity index (χ0) is 20.5. The lowest BCUT2D eigenvalue weighted by Crippen LogP contribution is -2.22. The first-order valence-electron chi connectivity index (χ1n) is 9.33. The summed E-state index contributed by atoms with van der Waals surface area (Å²) < 4.78 is 7.38. The van der Waals surface area contributed by atoms with Gasteiger partial charge >= 0.3 is 0 Å². The number of fused-ring (bicyclic) bond motifs is 3. The second kappa shape index (κ2) is 7.75. The number of amides is 1. The molecular weight excluding hydrogens is 384 g/mol. The van der Waals surface area contributed by atoms with Gasteiger partial charge in [-0.1, -0.05) is 23.9 Å². The molecule has 7 heteroatoms. The number of nitrogens with zero attached hydrogens (tertiary/aromatic N) is 3. The summed E-state index contributed by atoms with van der Waals surface area (Å²) in [5, 5.41) is 13.0. The van der Waals surface area contributed by atoms with Gasteiger partial charge in [0.1, 0.15) is 5.75 Å². The van der Waals surface area contributed by atoms with Gasteiger partial charge in [-0.2, -0.15) is 0 Å². The van der Waals surface area contributed by atoms with Crippen LogP contribution >= 0.6 is 11.8 Å². The van der Waals surface area contributed by atoms with Crippen molar-refractivity contribution in [1.82, 2.24) is 14.6 Å². The number of nitrogens with one attached hydrogen (secondary N) is 1. The number of rotatable bonds is 5. The largest absolute Gasteiger partial charge is 0.497 e. The zero-order valence-electron chi connectivity index (χ0n) is 16.8. The van der Waals surface area contributed by atoms with Crippen LogP contribution < -0.4 is 10.1 Å². The first kappa shape index (κ1) is 19.3. The number of hydrogen-bond donors (Lipinski definition) is 1. The van der Waals surface area contributed by atoms with Crippen LogP contribution in [-0.4, -0.2) is 32.9 Å². The highest BCUT2D eigenvalue weighted by atomic mass is 32.2. The molecule has 0 spiro atoms. The monoisotopic (exact) mass is 406 g/mol.